The average Bonchev–Trinajstić information content (AvgIpc) is 2.59. The highest BCUT2D eigenvalue weighted by Crippen LogP contribution is 2.40. The first-order valence-corrected chi connectivity index (χ1v) is 7.97. The van der Waals surface area contributed by atoms with Crippen molar-refractivity contribution >= 4 is 5.91 Å². The summed E-state index contributed by atoms with van der Waals surface area (Å²) in [4.78, 5) is 12.1. The number of rotatable bonds is 7. The molecule has 2 rings (SSSR count). The first kappa shape index (κ1) is 17.4. The molecule has 1 amide bonds. The molecule has 128 valence electrons. The van der Waals surface area contributed by atoms with Crippen LogP contribution in [-0.2, 0) is 11.2 Å². The molecule has 0 bridgehead atoms. The Labute approximate surface area is 137 Å². The van der Waals surface area contributed by atoms with Gasteiger partial charge < -0.3 is 24.8 Å². The standard InChI is InChI=1S/C17H26N2O4/c1-21-14-8-6-12(16(22-2)17(14)23-3)7-9-15(20)19-13-5-4-10-18-11-13/h6,8,13,18H,4-5,7,9-11H2,1-3H3,(H,19,20)/t13-/m0/s1. The van der Waals surface area contributed by atoms with Gasteiger partial charge in [-0.1, -0.05) is 6.07 Å². The lowest BCUT2D eigenvalue weighted by Gasteiger charge is -2.23. The highest BCUT2D eigenvalue weighted by molar-refractivity contribution is 5.76. The summed E-state index contributed by atoms with van der Waals surface area (Å²) >= 11 is 0. The van der Waals surface area contributed by atoms with Crippen molar-refractivity contribution in [2.75, 3.05) is 34.4 Å². The highest BCUT2D eigenvalue weighted by Gasteiger charge is 2.18. The second kappa shape index (κ2) is 8.62. The average molecular weight is 322 g/mol. The van der Waals surface area contributed by atoms with Crippen LogP contribution in [-0.4, -0.2) is 46.4 Å². The van der Waals surface area contributed by atoms with Crippen LogP contribution in [0, 0.1) is 0 Å². The van der Waals surface area contributed by atoms with E-state index in [1.54, 1.807) is 21.3 Å². The van der Waals surface area contributed by atoms with Crippen LogP contribution in [0.3, 0.4) is 0 Å². The van der Waals surface area contributed by atoms with Crippen molar-refractivity contribution < 1.29 is 19.0 Å². The van der Waals surface area contributed by atoms with E-state index in [2.05, 4.69) is 10.6 Å². The number of methoxy groups -OCH3 is 3. The van der Waals surface area contributed by atoms with Gasteiger partial charge in [-0.3, -0.25) is 4.79 Å². The van der Waals surface area contributed by atoms with Gasteiger partial charge in [0.15, 0.2) is 11.5 Å². The Morgan fingerprint density at radius 1 is 1.22 bits per heavy atom. The number of piperidine rings is 1. The smallest absolute Gasteiger partial charge is 0.220 e. The number of aryl methyl sites for hydroxylation is 1. The molecule has 6 heteroatoms. The van der Waals surface area contributed by atoms with Crippen molar-refractivity contribution in [3.63, 3.8) is 0 Å². The zero-order valence-corrected chi connectivity index (χ0v) is 14.1. The van der Waals surface area contributed by atoms with Gasteiger partial charge in [0.25, 0.3) is 0 Å². The molecule has 2 N–H and O–H groups in total. The zero-order chi connectivity index (χ0) is 16.7. The highest BCUT2D eigenvalue weighted by atomic mass is 16.5. The quantitative estimate of drug-likeness (QED) is 0.796. The maximum Gasteiger partial charge on any atom is 0.220 e. The molecule has 1 saturated heterocycles. The molecule has 1 aromatic rings. The molecule has 0 unspecified atom stereocenters. The Hall–Kier alpha value is -1.95. The van der Waals surface area contributed by atoms with Crippen LogP contribution < -0.4 is 24.8 Å². The number of benzene rings is 1. The van der Waals surface area contributed by atoms with E-state index in [0.29, 0.717) is 30.1 Å². The maximum absolute atomic E-state index is 12.1. The van der Waals surface area contributed by atoms with Gasteiger partial charge in [-0.2, -0.15) is 0 Å². The van der Waals surface area contributed by atoms with Crippen molar-refractivity contribution in [2.24, 2.45) is 0 Å². The normalized spacial score (nSPS) is 17.4. The predicted octanol–water partition coefficient (Wildman–Crippen LogP) is 1.51. The Morgan fingerprint density at radius 2 is 2.00 bits per heavy atom. The molecule has 0 spiro atoms. The van der Waals surface area contributed by atoms with Gasteiger partial charge in [0.05, 0.1) is 21.3 Å². The fourth-order valence-corrected chi connectivity index (χ4v) is 2.88. The maximum atomic E-state index is 12.1. The van der Waals surface area contributed by atoms with Gasteiger partial charge in [0.1, 0.15) is 0 Å². The molecule has 1 heterocycles. The first-order chi connectivity index (χ1) is 11.2. The summed E-state index contributed by atoms with van der Waals surface area (Å²) in [5.41, 5.74) is 0.932. The minimum Gasteiger partial charge on any atom is -0.493 e. The van der Waals surface area contributed by atoms with Gasteiger partial charge in [-0.25, -0.2) is 0 Å². The Balaban J connectivity index is 1.97. The molecule has 0 aliphatic carbocycles. The second-order valence-electron chi connectivity index (χ2n) is 5.60. The Bertz CT molecular complexity index is 528. The largest absolute Gasteiger partial charge is 0.493 e. The fraction of sp³-hybridized carbons (Fsp3) is 0.588. The van der Waals surface area contributed by atoms with E-state index in [1.165, 1.54) is 0 Å². The van der Waals surface area contributed by atoms with Crippen molar-refractivity contribution in [3.05, 3.63) is 17.7 Å². The fourth-order valence-electron chi connectivity index (χ4n) is 2.88. The van der Waals surface area contributed by atoms with E-state index in [9.17, 15) is 4.79 Å². The van der Waals surface area contributed by atoms with E-state index in [0.717, 1.165) is 31.5 Å². The third kappa shape index (κ3) is 4.51. The Morgan fingerprint density at radius 3 is 2.61 bits per heavy atom. The number of hydrogen-bond donors (Lipinski definition) is 2. The van der Waals surface area contributed by atoms with Gasteiger partial charge in [-0.15, -0.1) is 0 Å². The van der Waals surface area contributed by atoms with E-state index < -0.39 is 0 Å². The molecular weight excluding hydrogens is 296 g/mol. The van der Waals surface area contributed by atoms with Crippen LogP contribution >= 0.6 is 0 Å². The lowest BCUT2D eigenvalue weighted by molar-refractivity contribution is -0.121. The number of hydrogen-bond acceptors (Lipinski definition) is 5. The van der Waals surface area contributed by atoms with E-state index in [1.807, 2.05) is 12.1 Å². The number of carbonyl (C=O) groups is 1. The summed E-state index contributed by atoms with van der Waals surface area (Å²) in [5, 5.41) is 6.37. The van der Waals surface area contributed by atoms with Gasteiger partial charge in [0, 0.05) is 19.0 Å². The molecule has 0 aromatic heterocycles. The zero-order valence-electron chi connectivity index (χ0n) is 14.1. The van der Waals surface area contributed by atoms with Gasteiger partial charge in [-0.05, 0) is 37.4 Å². The minimum atomic E-state index is 0.0653. The van der Waals surface area contributed by atoms with Crippen LogP contribution in [0.1, 0.15) is 24.8 Å². The number of carbonyl (C=O) groups excluding carboxylic acids is 1. The summed E-state index contributed by atoms with van der Waals surface area (Å²) in [5.74, 6) is 1.87. The second-order valence-corrected chi connectivity index (χ2v) is 5.60. The minimum absolute atomic E-state index is 0.0653. The molecule has 0 saturated carbocycles. The molecular formula is C17H26N2O4. The summed E-state index contributed by atoms with van der Waals surface area (Å²) in [6, 6.07) is 3.98. The van der Waals surface area contributed by atoms with Crippen molar-refractivity contribution in [1.82, 2.24) is 10.6 Å². The van der Waals surface area contributed by atoms with Crippen LogP contribution in [0.2, 0.25) is 0 Å². The number of ether oxygens (including phenoxy) is 3. The molecule has 0 radical (unpaired) electrons. The van der Waals surface area contributed by atoms with Gasteiger partial charge >= 0.3 is 0 Å². The first-order valence-electron chi connectivity index (χ1n) is 7.97. The molecule has 23 heavy (non-hydrogen) atoms. The third-order valence-electron chi connectivity index (χ3n) is 4.07. The van der Waals surface area contributed by atoms with E-state index >= 15 is 0 Å². The predicted molar refractivity (Wildman–Crippen MR) is 88.5 cm³/mol. The summed E-state index contributed by atoms with van der Waals surface area (Å²) in [6.45, 7) is 1.89. The molecule has 6 nitrogen and oxygen atoms in total. The Kier molecular flexibility index (Phi) is 6.52. The SMILES string of the molecule is COc1ccc(CCC(=O)N[C@H]2CCCNC2)c(OC)c1OC. The van der Waals surface area contributed by atoms with Crippen LogP contribution in [0.5, 0.6) is 17.2 Å². The van der Waals surface area contributed by atoms with Crippen molar-refractivity contribution in [1.29, 1.82) is 0 Å². The van der Waals surface area contributed by atoms with Crippen molar-refractivity contribution in [3.8, 4) is 17.2 Å². The number of amides is 1. The third-order valence-corrected chi connectivity index (χ3v) is 4.07. The summed E-state index contributed by atoms with van der Waals surface area (Å²) in [7, 11) is 4.75. The summed E-state index contributed by atoms with van der Waals surface area (Å²) in [6.07, 6.45) is 3.16. The lowest BCUT2D eigenvalue weighted by atomic mass is 10.1. The van der Waals surface area contributed by atoms with Crippen LogP contribution in [0.15, 0.2) is 12.1 Å². The van der Waals surface area contributed by atoms with E-state index in [4.69, 9.17) is 14.2 Å². The lowest BCUT2D eigenvalue weighted by Crippen LogP contribution is -2.45. The summed E-state index contributed by atoms with van der Waals surface area (Å²) < 4.78 is 16.1. The van der Waals surface area contributed by atoms with Crippen LogP contribution in [0.4, 0.5) is 0 Å². The monoisotopic (exact) mass is 322 g/mol. The topological polar surface area (TPSA) is 68.8 Å². The van der Waals surface area contributed by atoms with Gasteiger partial charge in [0.2, 0.25) is 11.7 Å². The number of nitrogens with one attached hydrogen (secondary N) is 2. The molecule has 1 atom stereocenters. The molecule has 1 fully saturated rings. The molecule has 1 aliphatic rings. The van der Waals surface area contributed by atoms with Crippen LogP contribution in [0.25, 0.3) is 0 Å². The molecule has 1 aliphatic heterocycles. The van der Waals surface area contributed by atoms with E-state index in [-0.39, 0.29) is 11.9 Å². The van der Waals surface area contributed by atoms with Crippen molar-refractivity contribution in [2.45, 2.75) is 31.7 Å². The molecule has 1 aromatic carbocycles.